The molecular weight excluding hydrogens is 431 g/mol. The van der Waals surface area contributed by atoms with Gasteiger partial charge in [0, 0.05) is 11.1 Å². The van der Waals surface area contributed by atoms with Gasteiger partial charge in [-0.15, -0.1) is 37.2 Å². The molecule has 4 nitrogen and oxygen atoms in total. The Balaban J connectivity index is 0. The monoisotopic (exact) mass is 458 g/mol. The van der Waals surface area contributed by atoms with Crippen LogP contribution < -0.4 is 5.43 Å². The normalized spacial score (nSPS) is 9.79. The van der Waals surface area contributed by atoms with E-state index in [0.717, 1.165) is 17.5 Å². The fourth-order valence-corrected chi connectivity index (χ4v) is 2.51. The van der Waals surface area contributed by atoms with Gasteiger partial charge in [0.2, 0.25) is 0 Å². The van der Waals surface area contributed by atoms with E-state index in [1.54, 1.807) is 36.4 Å². The van der Waals surface area contributed by atoms with E-state index in [2.05, 4.69) is 18.9 Å². The molecule has 160 valence electrons. The number of nitrogens with zero attached hydrogens (tertiary/aromatic N) is 1. The highest BCUT2D eigenvalue weighted by Crippen LogP contribution is 2.17. The second kappa shape index (κ2) is 12.5. The molecule has 1 N–H and O–H groups in total. The van der Waals surface area contributed by atoms with E-state index in [9.17, 15) is 9.59 Å². The first-order chi connectivity index (χ1) is 12.3. The summed E-state index contributed by atoms with van der Waals surface area (Å²) in [6.07, 6.45) is 2.60. The van der Waals surface area contributed by atoms with Crippen LogP contribution >= 0.6 is 37.2 Å². The predicted molar refractivity (Wildman–Crippen MR) is 127 cm³/mol. The van der Waals surface area contributed by atoms with Gasteiger partial charge in [0.15, 0.2) is 0 Å². The minimum Gasteiger partial charge on any atom is -0.267 e. The lowest BCUT2D eigenvalue weighted by atomic mass is 10.0. The molecule has 7 heteroatoms. The number of carbonyl (C=O) groups excluding carboxylic acids is 2. The molecule has 2 aromatic rings. The van der Waals surface area contributed by atoms with Crippen LogP contribution in [-0.2, 0) is 6.42 Å². The van der Waals surface area contributed by atoms with Gasteiger partial charge in [0.05, 0.1) is 5.54 Å². The SMILES string of the molecule is C=Cc1cccc(C(=O)N(NC(=O)c2ccc(CC)cc2)C(C)(C)C)c1.Cl.Cl.Cl. The molecule has 2 amide bonds. The minimum atomic E-state index is -0.583. The second-order valence-corrected chi connectivity index (χ2v) is 7.13. The molecule has 0 spiro atoms. The standard InChI is InChI=1S/C22H26N2O2.3ClH/c1-6-16-11-13-18(14-12-16)20(25)23-24(22(3,4)5)21(26)19-10-8-9-17(7-2)15-19;;;/h7-15H,2,6H2,1,3-5H3,(H,23,25);3*1H. The minimum absolute atomic E-state index is 0. The third kappa shape index (κ3) is 7.73. The van der Waals surface area contributed by atoms with Crippen molar-refractivity contribution in [1.82, 2.24) is 10.4 Å². The molecule has 0 aliphatic heterocycles. The summed E-state index contributed by atoms with van der Waals surface area (Å²) in [5.74, 6) is -0.574. The molecule has 0 unspecified atom stereocenters. The molecule has 0 bridgehead atoms. The highest BCUT2D eigenvalue weighted by molar-refractivity contribution is 5.99. The maximum atomic E-state index is 13.0. The predicted octanol–water partition coefficient (Wildman–Crippen LogP) is 5.74. The average Bonchev–Trinajstić information content (AvgIpc) is 2.64. The van der Waals surface area contributed by atoms with Gasteiger partial charge in [-0.1, -0.05) is 43.8 Å². The van der Waals surface area contributed by atoms with Crippen LogP contribution in [0.1, 0.15) is 59.5 Å². The molecule has 0 aliphatic rings. The molecule has 0 saturated heterocycles. The first-order valence-corrected chi connectivity index (χ1v) is 8.73. The van der Waals surface area contributed by atoms with Crippen LogP contribution in [0, 0.1) is 0 Å². The molecular formula is C22H29Cl3N2O2. The molecule has 0 fully saturated rings. The lowest BCUT2D eigenvalue weighted by Crippen LogP contribution is -2.55. The Morgan fingerprint density at radius 3 is 2.07 bits per heavy atom. The molecule has 2 rings (SSSR count). The number of hydrazine groups is 1. The summed E-state index contributed by atoms with van der Waals surface area (Å²) in [7, 11) is 0. The van der Waals surface area contributed by atoms with Gasteiger partial charge in [0.1, 0.15) is 0 Å². The van der Waals surface area contributed by atoms with Gasteiger partial charge in [0.25, 0.3) is 11.8 Å². The topological polar surface area (TPSA) is 49.4 Å². The quantitative estimate of drug-likeness (QED) is 0.592. The van der Waals surface area contributed by atoms with Gasteiger partial charge in [-0.2, -0.15) is 0 Å². The Labute approximate surface area is 192 Å². The van der Waals surface area contributed by atoms with Crippen molar-refractivity contribution in [3.8, 4) is 0 Å². The summed E-state index contributed by atoms with van der Waals surface area (Å²) in [6, 6.07) is 14.6. The number of halogens is 3. The number of amides is 2. The van der Waals surface area contributed by atoms with E-state index >= 15 is 0 Å². The fourth-order valence-electron chi connectivity index (χ4n) is 2.51. The van der Waals surface area contributed by atoms with E-state index in [-0.39, 0.29) is 49.0 Å². The molecule has 0 heterocycles. The highest BCUT2D eigenvalue weighted by Gasteiger charge is 2.29. The van der Waals surface area contributed by atoms with E-state index < -0.39 is 5.54 Å². The van der Waals surface area contributed by atoms with Gasteiger partial charge in [-0.25, -0.2) is 5.01 Å². The van der Waals surface area contributed by atoms with Gasteiger partial charge >= 0.3 is 0 Å². The Kier molecular flexibility index (Phi) is 12.6. The summed E-state index contributed by atoms with van der Waals surface area (Å²) in [5.41, 5.74) is 5.21. The van der Waals surface area contributed by atoms with Crippen LogP contribution in [0.25, 0.3) is 6.08 Å². The largest absolute Gasteiger partial charge is 0.272 e. The van der Waals surface area contributed by atoms with Crippen molar-refractivity contribution in [2.75, 3.05) is 0 Å². The third-order valence-corrected chi connectivity index (χ3v) is 4.08. The van der Waals surface area contributed by atoms with Crippen LogP contribution in [0.2, 0.25) is 0 Å². The molecule has 0 atom stereocenters. The molecule has 0 saturated carbocycles. The van der Waals surface area contributed by atoms with E-state index in [1.165, 1.54) is 5.01 Å². The number of hydrogen-bond acceptors (Lipinski definition) is 2. The first-order valence-electron chi connectivity index (χ1n) is 8.73. The maximum absolute atomic E-state index is 13.0. The summed E-state index contributed by atoms with van der Waals surface area (Å²) in [4.78, 5) is 25.6. The average molecular weight is 460 g/mol. The molecule has 0 radical (unpaired) electrons. The molecule has 2 aromatic carbocycles. The highest BCUT2D eigenvalue weighted by atomic mass is 35.5. The molecule has 0 aliphatic carbocycles. The van der Waals surface area contributed by atoms with Crippen LogP contribution in [0.4, 0.5) is 0 Å². The summed E-state index contributed by atoms with van der Waals surface area (Å²) in [6.45, 7) is 11.4. The van der Waals surface area contributed by atoms with Gasteiger partial charge in [-0.05, 0) is 62.6 Å². The number of nitrogens with one attached hydrogen (secondary N) is 1. The molecule has 0 aromatic heterocycles. The Hall–Kier alpha value is -2.01. The van der Waals surface area contributed by atoms with Crippen molar-refractivity contribution in [3.05, 3.63) is 77.4 Å². The van der Waals surface area contributed by atoms with Crippen molar-refractivity contribution >= 4 is 55.1 Å². The first kappa shape index (κ1) is 29.2. The van der Waals surface area contributed by atoms with Crippen molar-refractivity contribution in [2.24, 2.45) is 0 Å². The Morgan fingerprint density at radius 1 is 1.00 bits per heavy atom. The van der Waals surface area contributed by atoms with Gasteiger partial charge < -0.3 is 0 Å². The van der Waals surface area contributed by atoms with Crippen molar-refractivity contribution < 1.29 is 9.59 Å². The van der Waals surface area contributed by atoms with Crippen LogP contribution in [0.15, 0.2) is 55.1 Å². The lowest BCUT2D eigenvalue weighted by molar-refractivity contribution is 0.0358. The number of aryl methyl sites for hydroxylation is 1. The van der Waals surface area contributed by atoms with Crippen LogP contribution in [0.3, 0.4) is 0 Å². The van der Waals surface area contributed by atoms with Crippen LogP contribution in [0.5, 0.6) is 0 Å². The zero-order chi connectivity index (χ0) is 19.3. The summed E-state index contributed by atoms with van der Waals surface area (Å²) in [5, 5.41) is 1.38. The van der Waals surface area contributed by atoms with Crippen molar-refractivity contribution in [1.29, 1.82) is 0 Å². The Bertz CT molecular complexity index is 816. The lowest BCUT2D eigenvalue weighted by Gasteiger charge is -2.35. The number of rotatable bonds is 4. The number of carbonyl (C=O) groups is 2. The number of hydrogen-bond donors (Lipinski definition) is 1. The van der Waals surface area contributed by atoms with Crippen LogP contribution in [-0.4, -0.2) is 22.4 Å². The Morgan fingerprint density at radius 2 is 1.59 bits per heavy atom. The third-order valence-electron chi connectivity index (χ3n) is 4.08. The van der Waals surface area contributed by atoms with E-state index in [1.807, 2.05) is 39.0 Å². The van der Waals surface area contributed by atoms with Gasteiger partial charge in [-0.3, -0.25) is 15.0 Å². The van der Waals surface area contributed by atoms with E-state index in [0.29, 0.717) is 11.1 Å². The number of benzene rings is 2. The summed E-state index contributed by atoms with van der Waals surface area (Å²) >= 11 is 0. The maximum Gasteiger partial charge on any atom is 0.272 e. The van der Waals surface area contributed by atoms with Crippen molar-refractivity contribution in [2.45, 2.75) is 39.7 Å². The fraction of sp³-hybridized carbons (Fsp3) is 0.273. The smallest absolute Gasteiger partial charge is 0.267 e. The second-order valence-electron chi connectivity index (χ2n) is 7.13. The van der Waals surface area contributed by atoms with Crippen molar-refractivity contribution in [3.63, 3.8) is 0 Å². The zero-order valence-electron chi connectivity index (χ0n) is 17.1. The zero-order valence-corrected chi connectivity index (χ0v) is 19.5. The van der Waals surface area contributed by atoms with E-state index in [4.69, 9.17) is 0 Å². The summed E-state index contributed by atoms with van der Waals surface area (Å²) < 4.78 is 0. The molecule has 29 heavy (non-hydrogen) atoms.